The number of hydrogen-bond donors (Lipinski definition) is 2. The van der Waals surface area contributed by atoms with Crippen LogP contribution in [0.5, 0.6) is 0 Å². The predicted molar refractivity (Wildman–Crippen MR) is 69.8 cm³/mol. The van der Waals surface area contributed by atoms with E-state index in [1.807, 2.05) is 12.1 Å². The number of carbonyl (C=O) groups excluding carboxylic acids is 1. The van der Waals surface area contributed by atoms with Crippen molar-refractivity contribution >= 4 is 23.6 Å². The van der Waals surface area contributed by atoms with Crippen LogP contribution >= 0.6 is 11.6 Å². The number of rotatable bonds is 4. The van der Waals surface area contributed by atoms with E-state index in [1.165, 1.54) is 0 Å². The van der Waals surface area contributed by atoms with E-state index in [9.17, 15) is 4.79 Å². The van der Waals surface area contributed by atoms with Crippen molar-refractivity contribution in [3.63, 3.8) is 0 Å². The van der Waals surface area contributed by atoms with Gasteiger partial charge in [-0.15, -0.1) is 0 Å². The van der Waals surface area contributed by atoms with E-state index in [-0.39, 0.29) is 12.5 Å². The first-order valence-corrected chi connectivity index (χ1v) is 5.77. The Morgan fingerprint density at radius 3 is 2.59 bits per heavy atom. The number of halogens is 1. The van der Waals surface area contributed by atoms with Gasteiger partial charge in [0.1, 0.15) is 0 Å². The first-order chi connectivity index (χ1) is 7.99. The van der Waals surface area contributed by atoms with Crippen molar-refractivity contribution < 1.29 is 9.90 Å². The molecule has 0 saturated heterocycles. The summed E-state index contributed by atoms with van der Waals surface area (Å²) in [4.78, 5) is 11.6. The van der Waals surface area contributed by atoms with Gasteiger partial charge in [0.25, 0.3) is 0 Å². The topological polar surface area (TPSA) is 49.3 Å². The molecule has 4 heteroatoms. The largest absolute Gasteiger partial charge is 0.392 e. The molecule has 1 atom stereocenters. The summed E-state index contributed by atoms with van der Waals surface area (Å²) in [7, 11) is 0. The van der Waals surface area contributed by atoms with E-state index < -0.39 is 6.10 Å². The van der Waals surface area contributed by atoms with E-state index in [4.69, 9.17) is 16.7 Å². The van der Waals surface area contributed by atoms with Crippen molar-refractivity contribution in [1.82, 2.24) is 5.32 Å². The third-order valence-electron chi connectivity index (χ3n) is 2.17. The Bertz CT molecular complexity index is 410. The molecule has 1 rings (SSSR count). The maximum absolute atomic E-state index is 11.6. The zero-order chi connectivity index (χ0) is 12.8. The Labute approximate surface area is 106 Å². The van der Waals surface area contributed by atoms with Gasteiger partial charge in [-0.1, -0.05) is 23.7 Å². The second-order valence-electron chi connectivity index (χ2n) is 3.94. The first-order valence-electron chi connectivity index (χ1n) is 5.39. The molecule has 0 fully saturated rings. The zero-order valence-electron chi connectivity index (χ0n) is 9.90. The maximum Gasteiger partial charge on any atom is 0.247 e. The quantitative estimate of drug-likeness (QED) is 0.809. The lowest BCUT2D eigenvalue weighted by atomic mass is 10.1. The summed E-state index contributed by atoms with van der Waals surface area (Å²) in [6.07, 6.45) is 1.23. The molecule has 3 nitrogen and oxygen atoms in total. The molecule has 1 unspecified atom stereocenters. The number of amides is 1. The molecule has 0 aromatic heterocycles. The molecular weight excluding hydrogens is 238 g/mol. The van der Waals surface area contributed by atoms with Gasteiger partial charge in [0.2, 0.25) is 5.91 Å². The van der Waals surface area contributed by atoms with Gasteiger partial charge < -0.3 is 10.4 Å². The van der Waals surface area contributed by atoms with Crippen LogP contribution in [0.2, 0.25) is 5.02 Å². The highest BCUT2D eigenvalue weighted by Crippen LogP contribution is 2.12. The van der Waals surface area contributed by atoms with Crippen LogP contribution in [0.1, 0.15) is 19.4 Å². The van der Waals surface area contributed by atoms with Crippen LogP contribution in [0.25, 0.3) is 6.08 Å². The number of aliphatic hydroxyl groups is 1. The van der Waals surface area contributed by atoms with Gasteiger partial charge in [-0.3, -0.25) is 4.79 Å². The molecule has 0 aliphatic rings. The lowest BCUT2D eigenvalue weighted by Crippen LogP contribution is -2.30. The van der Waals surface area contributed by atoms with Crippen molar-refractivity contribution in [3.05, 3.63) is 40.4 Å². The highest BCUT2D eigenvalue weighted by atomic mass is 35.5. The fourth-order valence-electron chi connectivity index (χ4n) is 1.25. The van der Waals surface area contributed by atoms with Gasteiger partial charge in [-0.2, -0.15) is 0 Å². The smallest absolute Gasteiger partial charge is 0.247 e. The lowest BCUT2D eigenvalue weighted by Gasteiger charge is -2.07. The second-order valence-corrected chi connectivity index (χ2v) is 4.37. The first kappa shape index (κ1) is 13.7. The molecule has 0 bridgehead atoms. The van der Waals surface area contributed by atoms with Crippen molar-refractivity contribution in [2.45, 2.75) is 20.0 Å². The van der Waals surface area contributed by atoms with Crippen LogP contribution in [-0.2, 0) is 4.79 Å². The number of nitrogens with one attached hydrogen (secondary N) is 1. The standard InChI is InChI=1S/C13H16ClNO2/c1-9(13(17)15-8-10(2)16)7-11-3-5-12(14)6-4-11/h3-7,10,16H,8H2,1-2H3,(H,15,17)/b9-7+. The Hall–Kier alpha value is -1.32. The summed E-state index contributed by atoms with van der Waals surface area (Å²) in [6.45, 7) is 3.61. The molecule has 0 radical (unpaired) electrons. The highest BCUT2D eigenvalue weighted by Gasteiger charge is 2.05. The van der Waals surface area contributed by atoms with Crippen molar-refractivity contribution in [2.75, 3.05) is 6.54 Å². The summed E-state index contributed by atoms with van der Waals surface area (Å²) < 4.78 is 0. The minimum Gasteiger partial charge on any atom is -0.392 e. The maximum atomic E-state index is 11.6. The molecule has 2 N–H and O–H groups in total. The molecule has 1 aromatic carbocycles. The van der Waals surface area contributed by atoms with Crippen molar-refractivity contribution in [2.24, 2.45) is 0 Å². The number of aliphatic hydroxyl groups excluding tert-OH is 1. The molecule has 0 aliphatic heterocycles. The fraction of sp³-hybridized carbons (Fsp3) is 0.308. The van der Waals surface area contributed by atoms with Crippen LogP contribution < -0.4 is 5.32 Å². The van der Waals surface area contributed by atoms with Gasteiger partial charge in [0.05, 0.1) is 6.10 Å². The summed E-state index contributed by atoms with van der Waals surface area (Å²) in [5.74, 6) is -0.180. The van der Waals surface area contributed by atoms with Gasteiger partial charge in [0.15, 0.2) is 0 Å². The van der Waals surface area contributed by atoms with Crippen LogP contribution in [0.4, 0.5) is 0 Å². The normalized spacial score (nSPS) is 13.3. The lowest BCUT2D eigenvalue weighted by molar-refractivity contribution is -0.117. The highest BCUT2D eigenvalue weighted by molar-refractivity contribution is 6.30. The second kappa shape index (κ2) is 6.42. The number of benzene rings is 1. The molecule has 1 aromatic rings. The molecule has 0 heterocycles. The van der Waals surface area contributed by atoms with Gasteiger partial charge in [-0.25, -0.2) is 0 Å². The van der Waals surface area contributed by atoms with E-state index >= 15 is 0 Å². The van der Waals surface area contributed by atoms with E-state index in [0.717, 1.165) is 5.56 Å². The fourth-order valence-corrected chi connectivity index (χ4v) is 1.38. The summed E-state index contributed by atoms with van der Waals surface area (Å²) >= 11 is 5.77. The molecule has 17 heavy (non-hydrogen) atoms. The zero-order valence-corrected chi connectivity index (χ0v) is 10.7. The molecule has 92 valence electrons. The molecule has 1 amide bonds. The average Bonchev–Trinajstić information content (AvgIpc) is 2.28. The summed E-state index contributed by atoms with van der Waals surface area (Å²) in [6, 6.07) is 7.23. The Morgan fingerprint density at radius 1 is 1.47 bits per heavy atom. The third-order valence-corrected chi connectivity index (χ3v) is 2.42. The number of hydrogen-bond acceptors (Lipinski definition) is 2. The SMILES string of the molecule is C/C(=C\c1ccc(Cl)cc1)C(=O)NCC(C)O. The predicted octanol–water partition coefficient (Wildman–Crippen LogP) is 2.24. The molecular formula is C13H16ClNO2. The van der Waals surface area contributed by atoms with Gasteiger partial charge in [0, 0.05) is 17.1 Å². The third kappa shape index (κ3) is 5.02. The van der Waals surface area contributed by atoms with E-state index in [0.29, 0.717) is 10.6 Å². The van der Waals surface area contributed by atoms with Crippen molar-refractivity contribution in [1.29, 1.82) is 0 Å². The minimum absolute atomic E-state index is 0.180. The summed E-state index contributed by atoms with van der Waals surface area (Å²) in [5.41, 5.74) is 1.51. The van der Waals surface area contributed by atoms with Crippen LogP contribution in [0.3, 0.4) is 0 Å². The van der Waals surface area contributed by atoms with Gasteiger partial charge >= 0.3 is 0 Å². The van der Waals surface area contributed by atoms with Crippen LogP contribution in [-0.4, -0.2) is 23.7 Å². The Balaban J connectivity index is 2.65. The van der Waals surface area contributed by atoms with E-state index in [2.05, 4.69) is 5.32 Å². The van der Waals surface area contributed by atoms with Crippen LogP contribution in [0.15, 0.2) is 29.8 Å². The summed E-state index contributed by atoms with van der Waals surface area (Å²) in [5, 5.41) is 12.3. The Morgan fingerprint density at radius 2 is 2.06 bits per heavy atom. The monoisotopic (exact) mass is 253 g/mol. The van der Waals surface area contributed by atoms with Crippen LogP contribution in [0, 0.1) is 0 Å². The van der Waals surface area contributed by atoms with E-state index in [1.54, 1.807) is 32.1 Å². The number of carbonyl (C=O) groups is 1. The average molecular weight is 254 g/mol. The van der Waals surface area contributed by atoms with Gasteiger partial charge in [-0.05, 0) is 37.6 Å². The minimum atomic E-state index is -0.540. The molecule has 0 saturated carbocycles. The molecule has 0 spiro atoms. The molecule has 0 aliphatic carbocycles. The van der Waals surface area contributed by atoms with Crippen molar-refractivity contribution in [3.8, 4) is 0 Å². The Kier molecular flexibility index (Phi) is 5.19.